The van der Waals surface area contributed by atoms with Crippen molar-refractivity contribution < 1.29 is 27.7 Å². The number of nitrogens with one attached hydrogen (secondary N) is 1. The summed E-state index contributed by atoms with van der Waals surface area (Å²) in [7, 11) is -2.84. The summed E-state index contributed by atoms with van der Waals surface area (Å²) in [5, 5.41) is 17.5. The lowest BCUT2D eigenvalue weighted by atomic mass is 10.3. The summed E-state index contributed by atoms with van der Waals surface area (Å²) in [6.07, 6.45) is 0. The lowest BCUT2D eigenvalue weighted by Gasteiger charge is -2.12. The van der Waals surface area contributed by atoms with Gasteiger partial charge in [-0.1, -0.05) is 12.1 Å². The van der Waals surface area contributed by atoms with Crippen molar-refractivity contribution in [1.29, 1.82) is 0 Å². The van der Waals surface area contributed by atoms with Gasteiger partial charge in [0, 0.05) is 19.1 Å². The Bertz CT molecular complexity index is 1300. The van der Waals surface area contributed by atoms with Crippen LogP contribution in [0.25, 0.3) is 5.69 Å². The summed E-state index contributed by atoms with van der Waals surface area (Å²) in [5.74, 6) is -1.77. The van der Waals surface area contributed by atoms with Crippen molar-refractivity contribution >= 4 is 33.1 Å². The summed E-state index contributed by atoms with van der Waals surface area (Å²) in [6.45, 7) is 1.26. The normalized spacial score (nSPS) is 11.1. The zero-order valence-corrected chi connectivity index (χ0v) is 17.8. The predicted octanol–water partition coefficient (Wildman–Crippen LogP) is 2.50. The Morgan fingerprint density at radius 2 is 1.81 bits per heavy atom. The summed E-state index contributed by atoms with van der Waals surface area (Å²) in [4.78, 5) is 33.7. The van der Waals surface area contributed by atoms with E-state index in [9.17, 15) is 28.1 Å². The van der Waals surface area contributed by atoms with Gasteiger partial charge in [-0.2, -0.15) is 5.10 Å². The number of benzene rings is 2. The molecule has 166 valence electrons. The maximum atomic E-state index is 13.2. The van der Waals surface area contributed by atoms with Gasteiger partial charge in [0.25, 0.3) is 5.69 Å². The van der Waals surface area contributed by atoms with E-state index >= 15 is 0 Å². The quantitative estimate of drug-likeness (QED) is 0.322. The average Bonchev–Trinajstić information content (AvgIpc) is 3.16. The van der Waals surface area contributed by atoms with E-state index < -0.39 is 32.4 Å². The molecule has 1 heterocycles. The van der Waals surface area contributed by atoms with E-state index in [1.54, 1.807) is 6.07 Å². The first kappa shape index (κ1) is 22.6. The molecular formula is C20H18N4O7S. The van der Waals surface area contributed by atoms with E-state index in [4.69, 9.17) is 0 Å². The van der Waals surface area contributed by atoms with E-state index in [1.807, 2.05) is 0 Å². The molecule has 1 amide bonds. The Hall–Kier alpha value is -4.06. The second-order valence-corrected chi connectivity index (χ2v) is 8.59. The van der Waals surface area contributed by atoms with Crippen molar-refractivity contribution in [3.8, 4) is 5.69 Å². The molecule has 32 heavy (non-hydrogen) atoms. The lowest BCUT2D eigenvalue weighted by Crippen LogP contribution is -2.14. The summed E-state index contributed by atoms with van der Waals surface area (Å²) < 4.78 is 32.2. The van der Waals surface area contributed by atoms with Gasteiger partial charge in [0.15, 0.2) is 15.5 Å². The molecule has 1 N–H and O–H groups in total. The van der Waals surface area contributed by atoms with Crippen LogP contribution in [0.1, 0.15) is 23.1 Å². The Kier molecular flexibility index (Phi) is 6.35. The first-order valence-corrected chi connectivity index (χ1v) is 10.8. The molecule has 0 spiro atoms. The van der Waals surface area contributed by atoms with Crippen LogP contribution in [-0.4, -0.2) is 42.1 Å². The Morgan fingerprint density at radius 1 is 1.16 bits per heavy atom. The van der Waals surface area contributed by atoms with Gasteiger partial charge in [0.1, 0.15) is 0 Å². The number of para-hydroxylation sites is 1. The summed E-state index contributed by atoms with van der Waals surface area (Å²) in [5.41, 5.74) is 0.260. The van der Waals surface area contributed by atoms with Crippen molar-refractivity contribution in [3.05, 3.63) is 76.1 Å². The van der Waals surface area contributed by atoms with Crippen LogP contribution in [0.2, 0.25) is 0 Å². The van der Waals surface area contributed by atoms with Gasteiger partial charge in [-0.3, -0.25) is 14.9 Å². The van der Waals surface area contributed by atoms with Gasteiger partial charge in [0.05, 0.1) is 39.8 Å². The number of nitro groups is 1. The highest BCUT2D eigenvalue weighted by molar-refractivity contribution is 7.90. The van der Waals surface area contributed by atoms with Crippen LogP contribution < -0.4 is 5.32 Å². The number of aromatic nitrogens is 2. The van der Waals surface area contributed by atoms with Gasteiger partial charge in [-0.25, -0.2) is 17.9 Å². The standard InChI is InChI=1S/C20H18N4O7S/c1-13(25)21-17-5-3-4-6-19(17)32(29,30)12-16-11-18(20(26)31-2)22-23(16)14-7-9-15(10-8-14)24(27)28/h3-11H,12H2,1-2H3,(H,21,25). The predicted molar refractivity (Wildman–Crippen MR) is 113 cm³/mol. The number of anilines is 1. The van der Waals surface area contributed by atoms with E-state index in [0.717, 1.165) is 7.11 Å². The Balaban J connectivity index is 2.07. The van der Waals surface area contributed by atoms with Crippen LogP contribution in [0.4, 0.5) is 11.4 Å². The zero-order valence-electron chi connectivity index (χ0n) is 17.0. The van der Waals surface area contributed by atoms with Crippen LogP contribution in [-0.2, 0) is 25.1 Å². The molecule has 0 aliphatic heterocycles. The van der Waals surface area contributed by atoms with Crippen molar-refractivity contribution in [2.24, 2.45) is 0 Å². The topological polar surface area (TPSA) is 150 Å². The van der Waals surface area contributed by atoms with Crippen LogP contribution in [0.3, 0.4) is 0 Å². The molecule has 12 heteroatoms. The third kappa shape index (κ3) is 4.81. The molecule has 0 atom stereocenters. The van der Waals surface area contributed by atoms with E-state index in [0.29, 0.717) is 5.69 Å². The van der Waals surface area contributed by atoms with Gasteiger partial charge in [-0.05, 0) is 30.3 Å². The van der Waals surface area contributed by atoms with Crippen molar-refractivity contribution in [3.63, 3.8) is 0 Å². The fraction of sp³-hybridized carbons (Fsp3) is 0.150. The number of methoxy groups -OCH3 is 1. The number of nitro benzene ring substituents is 1. The van der Waals surface area contributed by atoms with Gasteiger partial charge in [-0.15, -0.1) is 0 Å². The summed E-state index contributed by atoms with van der Waals surface area (Å²) >= 11 is 0. The van der Waals surface area contributed by atoms with Crippen molar-refractivity contribution in [2.75, 3.05) is 12.4 Å². The Morgan fingerprint density at radius 3 is 2.41 bits per heavy atom. The van der Waals surface area contributed by atoms with E-state index in [1.165, 1.54) is 60.1 Å². The monoisotopic (exact) mass is 458 g/mol. The third-order valence-corrected chi connectivity index (χ3v) is 6.06. The molecular weight excluding hydrogens is 440 g/mol. The van der Waals surface area contributed by atoms with Crippen LogP contribution in [0, 0.1) is 10.1 Å². The molecule has 0 saturated carbocycles. The number of sulfone groups is 1. The fourth-order valence-electron chi connectivity index (χ4n) is 2.97. The first-order chi connectivity index (χ1) is 15.1. The average molecular weight is 458 g/mol. The van der Waals surface area contributed by atoms with Gasteiger partial charge >= 0.3 is 5.97 Å². The molecule has 0 bridgehead atoms. The SMILES string of the molecule is COC(=O)c1cc(CS(=O)(=O)c2ccccc2NC(C)=O)n(-c2ccc([N+](=O)[O-])cc2)n1. The lowest BCUT2D eigenvalue weighted by molar-refractivity contribution is -0.384. The third-order valence-electron chi connectivity index (χ3n) is 4.35. The number of amides is 1. The number of rotatable bonds is 7. The molecule has 0 aliphatic rings. The van der Waals surface area contributed by atoms with Gasteiger partial charge < -0.3 is 10.1 Å². The first-order valence-electron chi connectivity index (χ1n) is 9.14. The molecule has 1 aromatic heterocycles. The molecule has 0 saturated heterocycles. The molecule has 3 rings (SSSR count). The highest BCUT2D eigenvalue weighted by Crippen LogP contribution is 2.26. The minimum absolute atomic E-state index is 0.105. The second kappa shape index (κ2) is 8.98. The molecule has 2 aromatic carbocycles. The number of ether oxygens (including phenoxy) is 1. The number of hydrogen-bond donors (Lipinski definition) is 1. The molecule has 0 unspecified atom stereocenters. The van der Waals surface area contributed by atoms with E-state index in [-0.39, 0.29) is 27.7 Å². The van der Waals surface area contributed by atoms with Crippen LogP contribution in [0.5, 0.6) is 0 Å². The number of esters is 1. The van der Waals surface area contributed by atoms with Crippen LogP contribution >= 0.6 is 0 Å². The minimum atomic E-state index is -4.00. The number of non-ortho nitro benzene ring substituents is 1. The van der Waals surface area contributed by atoms with E-state index in [2.05, 4.69) is 15.2 Å². The van der Waals surface area contributed by atoms with Gasteiger partial charge in [0.2, 0.25) is 5.91 Å². The molecule has 0 aliphatic carbocycles. The largest absolute Gasteiger partial charge is 0.464 e. The fourth-order valence-corrected chi connectivity index (χ4v) is 4.46. The molecule has 0 radical (unpaired) electrons. The van der Waals surface area contributed by atoms with Crippen LogP contribution in [0.15, 0.2) is 59.5 Å². The number of carbonyl (C=O) groups is 2. The maximum absolute atomic E-state index is 13.2. The van der Waals surface area contributed by atoms with Crippen molar-refractivity contribution in [1.82, 2.24) is 9.78 Å². The Labute approximate surface area is 182 Å². The zero-order chi connectivity index (χ0) is 23.5. The second-order valence-electron chi connectivity index (χ2n) is 6.63. The smallest absolute Gasteiger partial charge is 0.358 e. The van der Waals surface area contributed by atoms with Crippen molar-refractivity contribution in [2.45, 2.75) is 17.6 Å². The molecule has 11 nitrogen and oxygen atoms in total. The number of nitrogens with zero attached hydrogens (tertiary/aromatic N) is 3. The maximum Gasteiger partial charge on any atom is 0.358 e. The number of carbonyl (C=O) groups excluding carboxylic acids is 2. The molecule has 3 aromatic rings. The summed E-state index contributed by atoms with van der Waals surface area (Å²) in [6, 6.07) is 12.4. The highest BCUT2D eigenvalue weighted by Gasteiger charge is 2.25. The highest BCUT2D eigenvalue weighted by atomic mass is 32.2. The molecule has 0 fully saturated rings. The number of hydrogen-bond acceptors (Lipinski definition) is 8. The minimum Gasteiger partial charge on any atom is -0.464 e.